The summed E-state index contributed by atoms with van der Waals surface area (Å²) < 4.78 is 2.74. The first-order valence-corrected chi connectivity index (χ1v) is 8.23. The molecule has 0 aliphatic carbocycles. The summed E-state index contributed by atoms with van der Waals surface area (Å²) in [6.07, 6.45) is 2.22. The van der Waals surface area contributed by atoms with Crippen molar-refractivity contribution in [3.05, 3.63) is 50.8 Å². The molecule has 108 valence electrons. The fourth-order valence-corrected chi connectivity index (χ4v) is 3.09. The third-order valence-electron chi connectivity index (χ3n) is 3.02. The van der Waals surface area contributed by atoms with Gasteiger partial charge in [-0.2, -0.15) is 0 Å². The Labute approximate surface area is 145 Å². The number of alkyl halides is 1. The van der Waals surface area contributed by atoms with Crippen LogP contribution in [0.5, 0.6) is 0 Å². The molecule has 0 aliphatic rings. The molecule has 1 aromatic carbocycles. The van der Waals surface area contributed by atoms with Gasteiger partial charge in [0.25, 0.3) is 0 Å². The number of aromatic nitrogens is 3. The van der Waals surface area contributed by atoms with Crippen molar-refractivity contribution in [1.82, 2.24) is 14.5 Å². The molecule has 7 heteroatoms. The van der Waals surface area contributed by atoms with E-state index in [1.807, 2.05) is 22.8 Å². The van der Waals surface area contributed by atoms with Gasteiger partial charge in [0, 0.05) is 18.5 Å². The third-order valence-corrected chi connectivity index (χ3v) is 4.80. The Balaban J connectivity index is 2.33. The van der Waals surface area contributed by atoms with Crippen molar-refractivity contribution < 1.29 is 0 Å². The monoisotopic (exact) mass is 403 g/mol. The van der Waals surface area contributed by atoms with Gasteiger partial charge in [0.15, 0.2) is 5.65 Å². The van der Waals surface area contributed by atoms with Gasteiger partial charge in [0.1, 0.15) is 11.3 Å². The van der Waals surface area contributed by atoms with Crippen LogP contribution in [0, 0.1) is 0 Å². The van der Waals surface area contributed by atoms with Gasteiger partial charge >= 0.3 is 0 Å². The molecule has 0 saturated carbocycles. The second kappa shape index (κ2) is 6.13. The van der Waals surface area contributed by atoms with Crippen LogP contribution < -0.4 is 0 Å². The van der Waals surface area contributed by atoms with Gasteiger partial charge in [-0.3, -0.25) is 4.57 Å². The molecule has 3 aromatic rings. The molecule has 3 rings (SSSR count). The highest BCUT2D eigenvalue weighted by atomic mass is 79.9. The van der Waals surface area contributed by atoms with Crippen LogP contribution in [0.4, 0.5) is 0 Å². The van der Waals surface area contributed by atoms with Gasteiger partial charge in [0.05, 0.1) is 20.2 Å². The quantitative estimate of drug-likeness (QED) is 0.556. The van der Waals surface area contributed by atoms with Crippen LogP contribution in [-0.2, 0) is 6.42 Å². The van der Waals surface area contributed by atoms with Gasteiger partial charge in [0.2, 0.25) is 0 Å². The van der Waals surface area contributed by atoms with Gasteiger partial charge in [-0.1, -0.05) is 29.3 Å². The minimum atomic E-state index is 0.467. The topological polar surface area (TPSA) is 30.7 Å². The van der Waals surface area contributed by atoms with Crippen LogP contribution >= 0.6 is 50.7 Å². The number of aryl methyl sites for hydroxylation is 1. The lowest BCUT2D eigenvalue weighted by Gasteiger charge is -2.11. The molecule has 0 spiro atoms. The van der Waals surface area contributed by atoms with E-state index >= 15 is 0 Å². The summed E-state index contributed by atoms with van der Waals surface area (Å²) in [7, 11) is 0. The second-order valence-corrected chi connectivity index (χ2v) is 6.39. The first kappa shape index (κ1) is 15.1. The van der Waals surface area contributed by atoms with Crippen molar-refractivity contribution in [3.8, 4) is 5.69 Å². The number of nitrogens with zero attached hydrogens (tertiary/aromatic N) is 3. The molecule has 0 atom stereocenters. The molecular weight excluding hydrogens is 396 g/mol. The average molecular weight is 406 g/mol. The van der Waals surface area contributed by atoms with Crippen LogP contribution in [0.15, 0.2) is 34.9 Å². The van der Waals surface area contributed by atoms with Crippen LogP contribution in [0.25, 0.3) is 16.9 Å². The predicted molar refractivity (Wildman–Crippen MR) is 91.0 cm³/mol. The second-order valence-electron chi connectivity index (χ2n) is 4.37. The van der Waals surface area contributed by atoms with E-state index in [1.165, 1.54) is 0 Å². The Bertz CT molecular complexity index is 817. The summed E-state index contributed by atoms with van der Waals surface area (Å²) in [5, 5.41) is 1.18. The number of halogens is 4. The zero-order valence-corrected chi connectivity index (χ0v) is 14.5. The van der Waals surface area contributed by atoms with E-state index in [1.54, 1.807) is 12.3 Å². The highest BCUT2D eigenvalue weighted by Crippen LogP contribution is 2.32. The van der Waals surface area contributed by atoms with Crippen LogP contribution in [0.3, 0.4) is 0 Å². The first-order chi connectivity index (χ1) is 10.1. The van der Waals surface area contributed by atoms with Crippen LogP contribution in [-0.4, -0.2) is 20.4 Å². The van der Waals surface area contributed by atoms with Crippen molar-refractivity contribution in [3.63, 3.8) is 0 Å². The Morgan fingerprint density at radius 1 is 1.24 bits per heavy atom. The lowest BCUT2D eigenvalue weighted by Crippen LogP contribution is -2.04. The van der Waals surface area contributed by atoms with Crippen molar-refractivity contribution in [2.24, 2.45) is 0 Å². The summed E-state index contributed by atoms with van der Waals surface area (Å²) in [5.41, 5.74) is 2.33. The van der Waals surface area contributed by atoms with Gasteiger partial charge in [-0.25, -0.2) is 9.97 Å². The summed E-state index contributed by atoms with van der Waals surface area (Å²) in [4.78, 5) is 8.97. The van der Waals surface area contributed by atoms with Gasteiger partial charge in [-0.15, -0.1) is 11.6 Å². The number of hydrogen-bond donors (Lipinski definition) is 0. The maximum absolute atomic E-state index is 6.19. The molecule has 0 N–H and O–H groups in total. The highest BCUT2D eigenvalue weighted by molar-refractivity contribution is 9.10. The molecule has 0 saturated heterocycles. The largest absolute Gasteiger partial charge is 0.279 e. The molecule has 0 radical (unpaired) electrons. The van der Waals surface area contributed by atoms with Crippen LogP contribution in [0.1, 0.15) is 5.82 Å². The molecule has 0 amide bonds. The summed E-state index contributed by atoms with van der Waals surface area (Å²) in [6.45, 7) is 0. The zero-order chi connectivity index (χ0) is 15.0. The minimum absolute atomic E-state index is 0.467. The number of benzene rings is 1. The predicted octanol–water partition coefficient (Wildman–Crippen LogP) is 5.27. The van der Waals surface area contributed by atoms with E-state index in [4.69, 9.17) is 34.8 Å². The molecule has 0 aliphatic heterocycles. The lowest BCUT2D eigenvalue weighted by molar-refractivity contribution is 0.902. The minimum Gasteiger partial charge on any atom is -0.279 e. The zero-order valence-electron chi connectivity index (χ0n) is 10.7. The van der Waals surface area contributed by atoms with Gasteiger partial charge in [-0.05, 0) is 34.1 Å². The molecular formula is C14H9BrCl3N3. The maximum atomic E-state index is 6.19. The number of imidazole rings is 1. The number of pyridine rings is 1. The van der Waals surface area contributed by atoms with E-state index in [0.717, 1.165) is 27.1 Å². The highest BCUT2D eigenvalue weighted by Gasteiger charge is 2.16. The lowest BCUT2D eigenvalue weighted by atomic mass is 10.3. The van der Waals surface area contributed by atoms with Crippen molar-refractivity contribution >= 4 is 61.9 Å². The Kier molecular flexibility index (Phi) is 4.41. The summed E-state index contributed by atoms with van der Waals surface area (Å²) in [5.74, 6) is 1.28. The number of rotatable bonds is 3. The van der Waals surface area contributed by atoms with Crippen LogP contribution in [0.2, 0.25) is 10.0 Å². The van der Waals surface area contributed by atoms with E-state index < -0.39 is 0 Å². The van der Waals surface area contributed by atoms with Crippen molar-refractivity contribution in [1.29, 1.82) is 0 Å². The Morgan fingerprint density at radius 3 is 2.81 bits per heavy atom. The van der Waals surface area contributed by atoms with E-state index in [-0.39, 0.29) is 0 Å². The fraction of sp³-hybridized carbons (Fsp3) is 0.143. The van der Waals surface area contributed by atoms with Crippen molar-refractivity contribution in [2.75, 3.05) is 5.88 Å². The number of hydrogen-bond acceptors (Lipinski definition) is 2. The number of fused-ring (bicyclic) bond motifs is 1. The molecule has 0 fully saturated rings. The van der Waals surface area contributed by atoms with Gasteiger partial charge < -0.3 is 0 Å². The van der Waals surface area contributed by atoms with E-state index in [9.17, 15) is 0 Å². The summed E-state index contributed by atoms with van der Waals surface area (Å²) in [6, 6.07) is 7.44. The molecule has 0 bridgehead atoms. The smallest absolute Gasteiger partial charge is 0.164 e. The fourth-order valence-electron chi connectivity index (χ4n) is 2.16. The Morgan fingerprint density at radius 2 is 2.05 bits per heavy atom. The normalized spacial score (nSPS) is 11.2. The standard InChI is InChI=1S/C14H9BrCl3N3/c15-13-9(18)2-1-3-11(13)21-12(4-5-16)20-10-6-8(17)7-19-14(10)21/h1-3,6-7H,4-5H2. The van der Waals surface area contributed by atoms with Crippen molar-refractivity contribution in [2.45, 2.75) is 6.42 Å². The molecule has 21 heavy (non-hydrogen) atoms. The Hall–Kier alpha value is -0.810. The molecule has 2 heterocycles. The van der Waals surface area contributed by atoms with E-state index in [0.29, 0.717) is 22.3 Å². The SMILES string of the molecule is ClCCc1nc2cc(Cl)cnc2n1-c1cccc(Cl)c1Br. The van der Waals surface area contributed by atoms with E-state index in [2.05, 4.69) is 25.9 Å². The third kappa shape index (κ3) is 2.78. The molecule has 2 aromatic heterocycles. The average Bonchev–Trinajstić information content (AvgIpc) is 2.79. The molecule has 0 unspecified atom stereocenters. The summed E-state index contributed by atoms with van der Waals surface area (Å²) >= 11 is 21.6. The first-order valence-electron chi connectivity index (χ1n) is 6.15. The maximum Gasteiger partial charge on any atom is 0.164 e. The molecule has 3 nitrogen and oxygen atoms in total.